The van der Waals surface area contributed by atoms with Crippen LogP contribution >= 0.6 is 0 Å². The zero-order valence-electron chi connectivity index (χ0n) is 9.31. The van der Waals surface area contributed by atoms with Crippen LogP contribution in [0.15, 0.2) is 18.7 Å². The van der Waals surface area contributed by atoms with Crippen LogP contribution in [0.25, 0.3) is 0 Å². The Morgan fingerprint density at radius 3 is 2.73 bits per heavy atom. The Labute approximate surface area is 90.1 Å². The molecule has 15 heavy (non-hydrogen) atoms. The molecule has 0 spiro atoms. The number of carbonyl (C=O) groups excluding carboxylic acids is 1. The van der Waals surface area contributed by atoms with E-state index in [0.29, 0.717) is 6.54 Å². The highest BCUT2D eigenvalue weighted by atomic mass is 16.2. The number of aromatic nitrogens is 2. The molecule has 0 unspecified atom stereocenters. The van der Waals surface area contributed by atoms with Gasteiger partial charge in [-0.3, -0.25) is 0 Å². The molecule has 0 aliphatic heterocycles. The van der Waals surface area contributed by atoms with E-state index in [1.807, 2.05) is 24.6 Å². The molecule has 84 valence electrons. The van der Waals surface area contributed by atoms with Crippen molar-refractivity contribution in [1.29, 1.82) is 0 Å². The molecule has 1 aromatic heterocycles. The van der Waals surface area contributed by atoms with Crippen molar-refractivity contribution in [2.24, 2.45) is 0 Å². The van der Waals surface area contributed by atoms with E-state index in [0.717, 1.165) is 19.6 Å². The van der Waals surface area contributed by atoms with Crippen LogP contribution in [-0.2, 0) is 6.54 Å². The minimum atomic E-state index is 0.000107. The van der Waals surface area contributed by atoms with Crippen LogP contribution in [0.3, 0.4) is 0 Å². The van der Waals surface area contributed by atoms with Gasteiger partial charge in [0.15, 0.2) is 0 Å². The van der Waals surface area contributed by atoms with Gasteiger partial charge in [0.1, 0.15) is 0 Å². The fourth-order valence-electron chi connectivity index (χ4n) is 1.33. The van der Waals surface area contributed by atoms with Crippen LogP contribution in [0, 0.1) is 0 Å². The van der Waals surface area contributed by atoms with Gasteiger partial charge < -0.3 is 14.8 Å². The lowest BCUT2D eigenvalue weighted by Crippen LogP contribution is -2.40. The maximum Gasteiger partial charge on any atom is 0.317 e. The van der Waals surface area contributed by atoms with E-state index in [1.54, 1.807) is 17.4 Å². The highest BCUT2D eigenvalue weighted by Gasteiger charge is 2.07. The van der Waals surface area contributed by atoms with Gasteiger partial charge in [0, 0.05) is 38.6 Å². The van der Waals surface area contributed by atoms with Crippen LogP contribution in [0.4, 0.5) is 4.79 Å². The summed E-state index contributed by atoms with van der Waals surface area (Å²) in [6.07, 6.45) is 5.35. The summed E-state index contributed by atoms with van der Waals surface area (Å²) in [6.45, 7) is 6.82. The molecule has 0 radical (unpaired) electrons. The Kier molecular flexibility index (Phi) is 4.66. The molecule has 5 heteroatoms. The monoisotopic (exact) mass is 210 g/mol. The van der Waals surface area contributed by atoms with Gasteiger partial charge in [0.05, 0.1) is 6.33 Å². The molecule has 0 fully saturated rings. The molecule has 0 saturated carbocycles. The van der Waals surface area contributed by atoms with E-state index in [2.05, 4.69) is 10.3 Å². The molecule has 0 aromatic carbocycles. The molecular weight excluding hydrogens is 192 g/mol. The predicted octanol–water partition coefficient (Wildman–Crippen LogP) is 0.934. The number of amides is 2. The lowest BCUT2D eigenvalue weighted by Gasteiger charge is -2.19. The molecule has 1 heterocycles. The van der Waals surface area contributed by atoms with Gasteiger partial charge in [-0.2, -0.15) is 0 Å². The van der Waals surface area contributed by atoms with Crippen molar-refractivity contribution in [1.82, 2.24) is 19.8 Å². The fourth-order valence-corrected chi connectivity index (χ4v) is 1.33. The minimum absolute atomic E-state index is 0.000107. The minimum Gasteiger partial charge on any atom is -0.336 e. The van der Waals surface area contributed by atoms with E-state index in [1.165, 1.54) is 0 Å². The van der Waals surface area contributed by atoms with Crippen molar-refractivity contribution in [3.05, 3.63) is 18.7 Å². The van der Waals surface area contributed by atoms with Gasteiger partial charge in [0.25, 0.3) is 0 Å². The first-order valence-corrected chi connectivity index (χ1v) is 5.26. The Hall–Kier alpha value is -1.52. The lowest BCUT2D eigenvalue weighted by atomic mass is 10.5. The lowest BCUT2D eigenvalue weighted by molar-refractivity contribution is 0.203. The average Bonchev–Trinajstić information content (AvgIpc) is 2.72. The fraction of sp³-hybridized carbons (Fsp3) is 0.600. The molecule has 1 aromatic rings. The summed E-state index contributed by atoms with van der Waals surface area (Å²) in [5.74, 6) is 0. The summed E-state index contributed by atoms with van der Waals surface area (Å²) in [7, 11) is 0. The Morgan fingerprint density at radius 1 is 1.47 bits per heavy atom. The Morgan fingerprint density at radius 2 is 2.20 bits per heavy atom. The van der Waals surface area contributed by atoms with Crippen LogP contribution in [0.1, 0.15) is 13.8 Å². The number of nitrogens with zero attached hydrogens (tertiary/aromatic N) is 3. The van der Waals surface area contributed by atoms with Gasteiger partial charge in [-0.1, -0.05) is 0 Å². The highest BCUT2D eigenvalue weighted by Crippen LogP contribution is 1.88. The SMILES string of the molecule is CCN(CC)C(=O)NCCn1ccnc1. The van der Waals surface area contributed by atoms with Crippen molar-refractivity contribution in [3.63, 3.8) is 0 Å². The summed E-state index contributed by atoms with van der Waals surface area (Å²) in [5, 5.41) is 2.86. The quantitative estimate of drug-likeness (QED) is 0.786. The molecule has 1 rings (SSSR count). The van der Waals surface area contributed by atoms with Crippen LogP contribution in [0.5, 0.6) is 0 Å². The standard InChI is InChI=1S/C10H18N4O/c1-3-14(4-2)10(15)12-6-8-13-7-5-11-9-13/h5,7,9H,3-4,6,8H2,1-2H3,(H,12,15). The molecule has 0 saturated heterocycles. The first-order valence-electron chi connectivity index (χ1n) is 5.26. The number of hydrogen-bond acceptors (Lipinski definition) is 2. The second-order valence-electron chi connectivity index (χ2n) is 3.20. The van der Waals surface area contributed by atoms with Crippen molar-refractivity contribution < 1.29 is 4.79 Å². The van der Waals surface area contributed by atoms with Gasteiger partial charge in [-0.25, -0.2) is 9.78 Å². The topological polar surface area (TPSA) is 50.2 Å². The third kappa shape index (κ3) is 3.61. The van der Waals surface area contributed by atoms with Gasteiger partial charge in [-0.15, -0.1) is 0 Å². The van der Waals surface area contributed by atoms with Crippen LogP contribution in [-0.4, -0.2) is 40.1 Å². The molecule has 0 atom stereocenters. The molecule has 0 bridgehead atoms. The van der Waals surface area contributed by atoms with Crippen LogP contribution in [0.2, 0.25) is 0 Å². The summed E-state index contributed by atoms with van der Waals surface area (Å²) < 4.78 is 1.93. The van der Waals surface area contributed by atoms with Crippen molar-refractivity contribution in [3.8, 4) is 0 Å². The molecule has 2 amide bonds. The first kappa shape index (κ1) is 11.6. The normalized spacial score (nSPS) is 10.0. The first-order chi connectivity index (χ1) is 7.27. The van der Waals surface area contributed by atoms with Crippen molar-refractivity contribution in [2.45, 2.75) is 20.4 Å². The molecule has 0 aliphatic carbocycles. The number of carbonyl (C=O) groups is 1. The third-order valence-corrected chi connectivity index (χ3v) is 2.26. The average molecular weight is 210 g/mol. The summed E-state index contributed by atoms with van der Waals surface area (Å²) in [5.41, 5.74) is 0. The van der Waals surface area contributed by atoms with Gasteiger partial charge >= 0.3 is 6.03 Å². The second kappa shape index (κ2) is 6.06. The Balaban J connectivity index is 2.22. The van der Waals surface area contributed by atoms with E-state index in [4.69, 9.17) is 0 Å². The Bertz CT molecular complexity index is 280. The van der Waals surface area contributed by atoms with E-state index >= 15 is 0 Å². The molecular formula is C10H18N4O. The maximum atomic E-state index is 11.5. The zero-order chi connectivity index (χ0) is 11.1. The summed E-state index contributed by atoms with van der Waals surface area (Å²) in [6, 6.07) is 0.000107. The van der Waals surface area contributed by atoms with Crippen molar-refractivity contribution in [2.75, 3.05) is 19.6 Å². The van der Waals surface area contributed by atoms with Gasteiger partial charge in [-0.05, 0) is 13.8 Å². The van der Waals surface area contributed by atoms with Crippen LogP contribution < -0.4 is 5.32 Å². The highest BCUT2D eigenvalue weighted by molar-refractivity contribution is 5.73. The zero-order valence-corrected chi connectivity index (χ0v) is 9.31. The number of nitrogens with one attached hydrogen (secondary N) is 1. The van der Waals surface area contributed by atoms with Crippen molar-refractivity contribution >= 4 is 6.03 Å². The van der Waals surface area contributed by atoms with Gasteiger partial charge in [0.2, 0.25) is 0 Å². The number of rotatable bonds is 5. The summed E-state index contributed by atoms with van der Waals surface area (Å²) in [4.78, 5) is 17.2. The number of urea groups is 1. The molecule has 1 N–H and O–H groups in total. The predicted molar refractivity (Wildman–Crippen MR) is 58.5 cm³/mol. The maximum absolute atomic E-state index is 11.5. The van der Waals surface area contributed by atoms with E-state index in [9.17, 15) is 4.79 Å². The number of imidazole rings is 1. The second-order valence-corrected chi connectivity index (χ2v) is 3.20. The third-order valence-electron chi connectivity index (χ3n) is 2.26. The smallest absolute Gasteiger partial charge is 0.317 e. The summed E-state index contributed by atoms with van der Waals surface area (Å²) >= 11 is 0. The van der Waals surface area contributed by atoms with E-state index in [-0.39, 0.29) is 6.03 Å². The largest absolute Gasteiger partial charge is 0.336 e. The molecule has 5 nitrogen and oxygen atoms in total. The molecule has 0 aliphatic rings. The van der Waals surface area contributed by atoms with E-state index < -0.39 is 0 Å². The number of hydrogen-bond donors (Lipinski definition) is 1.